The van der Waals surface area contributed by atoms with Crippen LogP contribution in [0.5, 0.6) is 5.75 Å². The molecule has 1 amide bonds. The molecular weight excluding hydrogens is 252 g/mol. The Morgan fingerprint density at radius 3 is 3.00 bits per heavy atom. The summed E-state index contributed by atoms with van der Waals surface area (Å²) in [6.45, 7) is 3.05. The fourth-order valence-electron chi connectivity index (χ4n) is 3.83. The number of likely N-dealkylation sites (tertiary alicyclic amines) is 1. The van der Waals surface area contributed by atoms with Crippen LogP contribution in [-0.4, -0.2) is 34.5 Å². The molecule has 4 nitrogen and oxygen atoms in total. The number of pyridine rings is 1. The van der Waals surface area contributed by atoms with Gasteiger partial charge in [-0.05, 0) is 37.3 Å². The number of rotatable bonds is 3. The van der Waals surface area contributed by atoms with Crippen molar-refractivity contribution in [2.24, 2.45) is 17.8 Å². The molecule has 0 spiro atoms. The van der Waals surface area contributed by atoms with Gasteiger partial charge in [-0.2, -0.15) is 0 Å². The quantitative estimate of drug-likeness (QED) is 0.846. The molecule has 20 heavy (non-hydrogen) atoms. The van der Waals surface area contributed by atoms with Crippen LogP contribution in [0.25, 0.3) is 0 Å². The van der Waals surface area contributed by atoms with Gasteiger partial charge < -0.3 is 9.64 Å². The van der Waals surface area contributed by atoms with Crippen molar-refractivity contribution in [1.29, 1.82) is 0 Å². The monoisotopic (exact) mass is 272 g/mol. The molecule has 5 unspecified atom stereocenters. The molecular formula is C16H20N2O2. The van der Waals surface area contributed by atoms with Crippen LogP contribution in [0.4, 0.5) is 0 Å². The minimum Gasteiger partial charge on any atom is -0.486 e. The Morgan fingerprint density at radius 2 is 2.30 bits per heavy atom. The van der Waals surface area contributed by atoms with Gasteiger partial charge in [-0.15, -0.1) is 0 Å². The molecule has 2 saturated carbocycles. The van der Waals surface area contributed by atoms with Gasteiger partial charge in [0.25, 0.3) is 0 Å². The summed E-state index contributed by atoms with van der Waals surface area (Å²) >= 11 is 0. The van der Waals surface area contributed by atoms with Gasteiger partial charge in [0.05, 0.1) is 12.2 Å². The summed E-state index contributed by atoms with van der Waals surface area (Å²) in [6, 6.07) is 4.11. The molecule has 0 N–H and O–H groups in total. The summed E-state index contributed by atoms with van der Waals surface area (Å²) < 4.78 is 6.11. The molecule has 2 heterocycles. The Hall–Kier alpha value is -1.58. The number of nitrogens with zero attached hydrogens (tertiary/aromatic N) is 2. The third-order valence-corrected chi connectivity index (χ3v) is 5.12. The normalized spacial score (nSPS) is 38.0. The van der Waals surface area contributed by atoms with E-state index in [4.69, 9.17) is 4.74 Å². The van der Waals surface area contributed by atoms with Crippen molar-refractivity contribution in [3.05, 3.63) is 24.5 Å². The number of hydrogen-bond acceptors (Lipinski definition) is 3. The maximum absolute atomic E-state index is 12.5. The average Bonchev–Trinajstić information content (AvgIpc) is 2.97. The summed E-state index contributed by atoms with van der Waals surface area (Å²) in [7, 11) is 0. The lowest BCUT2D eigenvalue weighted by Crippen LogP contribution is -2.41. The zero-order chi connectivity index (χ0) is 13.7. The highest BCUT2D eigenvalue weighted by Crippen LogP contribution is 2.45. The highest BCUT2D eigenvalue weighted by Gasteiger charge is 2.53. The molecule has 1 aromatic heterocycles. The Morgan fingerprint density at radius 1 is 1.45 bits per heavy atom. The predicted molar refractivity (Wildman–Crippen MR) is 74.1 cm³/mol. The van der Waals surface area contributed by atoms with Gasteiger partial charge in [-0.25, -0.2) is 0 Å². The predicted octanol–water partition coefficient (Wildman–Crippen LogP) is 2.11. The van der Waals surface area contributed by atoms with Crippen LogP contribution in [0.2, 0.25) is 0 Å². The second-order valence-corrected chi connectivity index (χ2v) is 6.49. The van der Waals surface area contributed by atoms with E-state index in [9.17, 15) is 4.79 Å². The van der Waals surface area contributed by atoms with Crippen molar-refractivity contribution in [3.8, 4) is 5.75 Å². The number of carbonyl (C=O) groups excluding carboxylic acids is 1. The van der Waals surface area contributed by atoms with E-state index < -0.39 is 0 Å². The molecule has 1 aliphatic heterocycles. The standard InChI is InChI=1S/C16H20N2O2/c1-10-7-13(10)16(19)18-9-11-4-5-14(18)15(11)20-12-3-2-6-17-8-12/h2-3,6,8,10-11,13-15H,4-5,7,9H2,1H3. The average molecular weight is 272 g/mol. The number of fused-ring (bicyclic) bond motifs is 2. The Kier molecular flexibility index (Phi) is 2.72. The summed E-state index contributed by atoms with van der Waals surface area (Å²) in [5.41, 5.74) is 0. The zero-order valence-electron chi connectivity index (χ0n) is 11.7. The first-order valence-corrected chi connectivity index (χ1v) is 7.61. The summed E-state index contributed by atoms with van der Waals surface area (Å²) in [5, 5.41) is 0. The van der Waals surface area contributed by atoms with E-state index in [-0.39, 0.29) is 18.1 Å². The first kappa shape index (κ1) is 12.2. The van der Waals surface area contributed by atoms with E-state index in [2.05, 4.69) is 16.8 Å². The van der Waals surface area contributed by atoms with Gasteiger partial charge in [0, 0.05) is 24.6 Å². The van der Waals surface area contributed by atoms with Crippen LogP contribution in [0, 0.1) is 17.8 Å². The Bertz CT molecular complexity index is 518. The number of aromatic nitrogens is 1. The summed E-state index contributed by atoms with van der Waals surface area (Å²) in [6.07, 6.45) is 7.01. The summed E-state index contributed by atoms with van der Waals surface area (Å²) in [5.74, 6) is 2.55. The molecule has 3 aliphatic rings. The van der Waals surface area contributed by atoms with E-state index in [1.54, 1.807) is 12.4 Å². The minimum atomic E-state index is 0.164. The van der Waals surface area contributed by atoms with Crippen LogP contribution in [0.3, 0.4) is 0 Å². The molecule has 4 rings (SSSR count). The van der Waals surface area contributed by atoms with Crippen molar-refractivity contribution in [2.45, 2.75) is 38.3 Å². The van der Waals surface area contributed by atoms with Crippen molar-refractivity contribution in [2.75, 3.05) is 6.54 Å². The van der Waals surface area contributed by atoms with Crippen LogP contribution < -0.4 is 4.74 Å². The zero-order valence-corrected chi connectivity index (χ0v) is 11.7. The van der Waals surface area contributed by atoms with Crippen LogP contribution in [-0.2, 0) is 4.79 Å². The first-order valence-electron chi connectivity index (χ1n) is 7.61. The molecule has 1 aromatic rings. The lowest BCUT2D eigenvalue weighted by molar-refractivity contribution is -0.134. The van der Waals surface area contributed by atoms with Crippen LogP contribution in [0.1, 0.15) is 26.2 Å². The highest BCUT2D eigenvalue weighted by atomic mass is 16.5. The molecule has 2 bridgehead atoms. The number of carbonyl (C=O) groups is 1. The molecule has 1 saturated heterocycles. The fourth-order valence-corrected chi connectivity index (χ4v) is 3.83. The molecule has 3 fully saturated rings. The Labute approximate surface area is 119 Å². The number of amides is 1. The number of piperidine rings is 1. The van der Waals surface area contributed by atoms with Gasteiger partial charge in [-0.1, -0.05) is 6.92 Å². The number of hydrogen-bond donors (Lipinski definition) is 0. The second-order valence-electron chi connectivity index (χ2n) is 6.49. The summed E-state index contributed by atoms with van der Waals surface area (Å²) in [4.78, 5) is 18.7. The largest absolute Gasteiger partial charge is 0.486 e. The van der Waals surface area contributed by atoms with Crippen molar-refractivity contribution < 1.29 is 9.53 Å². The smallest absolute Gasteiger partial charge is 0.226 e. The van der Waals surface area contributed by atoms with Gasteiger partial charge in [0.15, 0.2) is 0 Å². The third kappa shape index (κ3) is 1.89. The molecule has 0 aromatic carbocycles. The SMILES string of the molecule is CC1CC1C(=O)N1CC2CCC1C2Oc1cccnc1. The number of ether oxygens (including phenoxy) is 1. The van der Waals surface area contributed by atoms with E-state index in [1.165, 1.54) is 6.42 Å². The van der Waals surface area contributed by atoms with Crippen LogP contribution in [0.15, 0.2) is 24.5 Å². The van der Waals surface area contributed by atoms with E-state index in [1.807, 2.05) is 12.1 Å². The molecule has 2 aliphatic carbocycles. The van der Waals surface area contributed by atoms with Crippen molar-refractivity contribution in [3.63, 3.8) is 0 Å². The minimum absolute atomic E-state index is 0.164. The molecule has 5 atom stereocenters. The molecule has 4 heteroatoms. The van der Waals surface area contributed by atoms with Crippen LogP contribution >= 0.6 is 0 Å². The maximum Gasteiger partial charge on any atom is 0.226 e. The van der Waals surface area contributed by atoms with Gasteiger partial charge >= 0.3 is 0 Å². The second kappa shape index (κ2) is 4.47. The lowest BCUT2D eigenvalue weighted by Gasteiger charge is -2.27. The van der Waals surface area contributed by atoms with Gasteiger partial charge in [0.1, 0.15) is 11.9 Å². The fraction of sp³-hybridized carbons (Fsp3) is 0.625. The van der Waals surface area contributed by atoms with Gasteiger partial charge in [-0.3, -0.25) is 9.78 Å². The highest BCUT2D eigenvalue weighted by molar-refractivity contribution is 5.82. The first-order chi connectivity index (χ1) is 9.74. The van der Waals surface area contributed by atoms with Crippen molar-refractivity contribution in [1.82, 2.24) is 9.88 Å². The lowest BCUT2D eigenvalue weighted by atomic mass is 10.1. The van der Waals surface area contributed by atoms with Crippen molar-refractivity contribution >= 4 is 5.91 Å². The topological polar surface area (TPSA) is 42.4 Å². The van der Waals surface area contributed by atoms with Gasteiger partial charge in [0.2, 0.25) is 5.91 Å². The maximum atomic E-state index is 12.5. The molecule has 0 radical (unpaired) electrons. The van der Waals surface area contributed by atoms with E-state index >= 15 is 0 Å². The Balaban J connectivity index is 1.48. The van der Waals surface area contributed by atoms with E-state index in [0.29, 0.717) is 17.7 Å². The third-order valence-electron chi connectivity index (χ3n) is 5.12. The van der Waals surface area contributed by atoms with E-state index in [0.717, 1.165) is 25.1 Å². The molecule has 106 valence electrons.